The number of carbonyl (C=O) groups is 1. The van der Waals surface area contributed by atoms with Gasteiger partial charge in [0.15, 0.2) is 0 Å². The zero-order valence-corrected chi connectivity index (χ0v) is 14.6. The zero-order valence-electron chi connectivity index (χ0n) is 13.8. The summed E-state index contributed by atoms with van der Waals surface area (Å²) >= 11 is 0. The van der Waals surface area contributed by atoms with Crippen molar-refractivity contribution in [1.29, 1.82) is 0 Å². The smallest absolute Gasteiger partial charge is 0.348 e. The monoisotopic (exact) mass is 386 g/mol. The van der Waals surface area contributed by atoms with Crippen molar-refractivity contribution in [3.05, 3.63) is 70.8 Å². The van der Waals surface area contributed by atoms with Crippen LogP contribution in [0.3, 0.4) is 0 Å². The molecule has 0 saturated carbocycles. The van der Waals surface area contributed by atoms with Gasteiger partial charge in [0.25, 0.3) is 5.91 Å². The molecular formula is C17H17F3N2O3S. The topological polar surface area (TPSA) is 75.3 Å². The van der Waals surface area contributed by atoms with Gasteiger partial charge < -0.3 is 5.32 Å². The van der Waals surface area contributed by atoms with Crippen LogP contribution >= 0.6 is 0 Å². The highest BCUT2D eigenvalue weighted by molar-refractivity contribution is 7.88. The van der Waals surface area contributed by atoms with Crippen LogP contribution in [0.15, 0.2) is 48.5 Å². The molecule has 0 fully saturated rings. The lowest BCUT2D eigenvalue weighted by atomic mass is 10.1. The first kappa shape index (κ1) is 19.9. The van der Waals surface area contributed by atoms with Gasteiger partial charge in [0.1, 0.15) is 0 Å². The normalized spacial score (nSPS) is 12.0. The van der Waals surface area contributed by atoms with Gasteiger partial charge in [0.2, 0.25) is 10.0 Å². The van der Waals surface area contributed by atoms with Crippen molar-refractivity contribution in [3.8, 4) is 0 Å². The van der Waals surface area contributed by atoms with E-state index < -0.39 is 27.7 Å². The highest BCUT2D eigenvalue weighted by Crippen LogP contribution is 2.29. The van der Waals surface area contributed by atoms with Crippen molar-refractivity contribution in [2.75, 3.05) is 7.05 Å². The number of nitrogens with one attached hydrogen (secondary N) is 2. The van der Waals surface area contributed by atoms with Crippen molar-refractivity contribution >= 4 is 15.9 Å². The molecule has 0 bridgehead atoms. The van der Waals surface area contributed by atoms with Gasteiger partial charge >= 0.3 is 6.18 Å². The number of hydrogen-bond donors (Lipinski definition) is 2. The Morgan fingerprint density at radius 2 is 1.50 bits per heavy atom. The van der Waals surface area contributed by atoms with E-state index >= 15 is 0 Å². The summed E-state index contributed by atoms with van der Waals surface area (Å²) in [5, 5.41) is 2.60. The third-order valence-electron chi connectivity index (χ3n) is 3.62. The van der Waals surface area contributed by atoms with Crippen LogP contribution in [-0.2, 0) is 28.5 Å². The zero-order chi connectivity index (χ0) is 19.4. The molecule has 5 nitrogen and oxygen atoms in total. The molecule has 26 heavy (non-hydrogen) atoms. The third kappa shape index (κ3) is 5.57. The number of carbonyl (C=O) groups excluding carboxylic acids is 1. The Bertz CT molecular complexity index is 862. The molecule has 2 N–H and O–H groups in total. The fraction of sp³-hybridized carbons (Fsp3) is 0.235. The van der Waals surface area contributed by atoms with Crippen LogP contribution in [0.5, 0.6) is 0 Å². The van der Waals surface area contributed by atoms with Crippen molar-refractivity contribution in [2.45, 2.75) is 18.5 Å². The quantitative estimate of drug-likeness (QED) is 0.802. The highest BCUT2D eigenvalue weighted by Gasteiger charge is 2.30. The standard InChI is InChI=1S/C17H17F3N2O3S/c1-21-26(24,25)11-13-4-2-12(3-5-13)10-22-16(23)14-6-8-15(9-7-14)17(18,19)20/h2-9,21H,10-11H2,1H3,(H,22,23). The van der Waals surface area contributed by atoms with Crippen LogP contribution in [0.4, 0.5) is 13.2 Å². The van der Waals surface area contributed by atoms with E-state index in [1.54, 1.807) is 24.3 Å². The van der Waals surface area contributed by atoms with Gasteiger partial charge in [-0.2, -0.15) is 13.2 Å². The van der Waals surface area contributed by atoms with Crippen LogP contribution in [0.2, 0.25) is 0 Å². The van der Waals surface area contributed by atoms with Gasteiger partial charge in [0.05, 0.1) is 11.3 Å². The maximum Gasteiger partial charge on any atom is 0.416 e. The fourth-order valence-corrected chi connectivity index (χ4v) is 2.92. The number of rotatable bonds is 6. The van der Waals surface area contributed by atoms with Crippen LogP contribution in [0.1, 0.15) is 27.0 Å². The largest absolute Gasteiger partial charge is 0.416 e. The summed E-state index contributed by atoms with van der Waals surface area (Å²) < 4.78 is 62.7. The maximum absolute atomic E-state index is 12.5. The summed E-state index contributed by atoms with van der Waals surface area (Å²) in [5.41, 5.74) is 0.629. The number of sulfonamides is 1. The molecule has 0 aromatic heterocycles. The van der Waals surface area contributed by atoms with Crippen molar-refractivity contribution < 1.29 is 26.4 Å². The van der Waals surface area contributed by atoms with Crippen LogP contribution in [0, 0.1) is 0 Å². The van der Waals surface area contributed by atoms with Gasteiger partial charge in [-0.05, 0) is 42.4 Å². The number of hydrogen-bond acceptors (Lipinski definition) is 3. The van der Waals surface area contributed by atoms with Crippen LogP contribution in [-0.4, -0.2) is 21.4 Å². The van der Waals surface area contributed by atoms with E-state index in [1.165, 1.54) is 7.05 Å². The van der Waals surface area contributed by atoms with Gasteiger partial charge in [-0.3, -0.25) is 4.79 Å². The predicted octanol–water partition coefficient (Wildman–Crippen LogP) is 2.68. The molecule has 0 aliphatic rings. The summed E-state index contributed by atoms with van der Waals surface area (Å²) in [4.78, 5) is 12.0. The van der Waals surface area contributed by atoms with Crippen LogP contribution in [0.25, 0.3) is 0 Å². The lowest BCUT2D eigenvalue weighted by Crippen LogP contribution is -2.23. The summed E-state index contributed by atoms with van der Waals surface area (Å²) in [6.07, 6.45) is -4.45. The van der Waals surface area contributed by atoms with E-state index in [-0.39, 0.29) is 17.9 Å². The van der Waals surface area contributed by atoms with E-state index in [4.69, 9.17) is 0 Å². The first-order chi connectivity index (χ1) is 12.1. The second-order valence-corrected chi connectivity index (χ2v) is 7.46. The minimum Gasteiger partial charge on any atom is -0.348 e. The molecule has 140 valence electrons. The minimum absolute atomic E-state index is 0.120. The molecule has 0 aliphatic heterocycles. The molecule has 0 radical (unpaired) electrons. The SMILES string of the molecule is CNS(=O)(=O)Cc1ccc(CNC(=O)c2ccc(C(F)(F)F)cc2)cc1. The van der Waals surface area contributed by atoms with Crippen LogP contribution < -0.4 is 10.0 Å². The van der Waals surface area contributed by atoms with E-state index in [2.05, 4.69) is 10.0 Å². The molecule has 9 heteroatoms. The molecule has 0 aliphatic carbocycles. The lowest BCUT2D eigenvalue weighted by Gasteiger charge is -2.09. The second kappa shape index (κ2) is 7.88. The van der Waals surface area contributed by atoms with Gasteiger partial charge in [0, 0.05) is 12.1 Å². The second-order valence-electron chi connectivity index (χ2n) is 5.54. The highest BCUT2D eigenvalue weighted by atomic mass is 32.2. The first-order valence-electron chi connectivity index (χ1n) is 7.55. The van der Waals surface area contributed by atoms with Gasteiger partial charge in [-0.15, -0.1) is 0 Å². The van der Waals surface area contributed by atoms with Crippen molar-refractivity contribution in [3.63, 3.8) is 0 Å². The maximum atomic E-state index is 12.5. The predicted molar refractivity (Wildman–Crippen MR) is 90.7 cm³/mol. The van der Waals surface area contributed by atoms with Gasteiger partial charge in [-0.1, -0.05) is 24.3 Å². The average Bonchev–Trinajstić information content (AvgIpc) is 2.60. The number of alkyl halides is 3. The molecule has 0 saturated heterocycles. The summed E-state index contributed by atoms with van der Waals surface area (Å²) in [6.45, 7) is 0.166. The molecule has 0 heterocycles. The Kier molecular flexibility index (Phi) is 6.04. The molecule has 0 unspecified atom stereocenters. The number of benzene rings is 2. The lowest BCUT2D eigenvalue weighted by molar-refractivity contribution is -0.137. The Morgan fingerprint density at radius 3 is 2.00 bits per heavy atom. The summed E-state index contributed by atoms with van der Waals surface area (Å²) in [5.74, 6) is -0.651. The average molecular weight is 386 g/mol. The molecule has 2 aromatic rings. The Hall–Kier alpha value is -2.39. The van der Waals surface area contributed by atoms with Crippen molar-refractivity contribution in [2.24, 2.45) is 0 Å². The number of amides is 1. The number of halogens is 3. The Labute approximate surface area is 149 Å². The van der Waals surface area contributed by atoms with E-state index in [0.29, 0.717) is 5.56 Å². The third-order valence-corrected chi connectivity index (χ3v) is 4.95. The molecule has 2 aromatic carbocycles. The molecular weight excluding hydrogens is 369 g/mol. The van der Waals surface area contributed by atoms with Gasteiger partial charge in [-0.25, -0.2) is 13.1 Å². The van der Waals surface area contributed by atoms with E-state index in [1.807, 2.05) is 0 Å². The molecule has 0 spiro atoms. The Balaban J connectivity index is 1.95. The summed E-state index contributed by atoms with van der Waals surface area (Å²) in [6, 6.07) is 10.6. The molecule has 0 atom stereocenters. The molecule has 1 amide bonds. The fourth-order valence-electron chi connectivity index (χ4n) is 2.14. The minimum atomic E-state index is -4.45. The molecule has 2 rings (SSSR count). The van der Waals surface area contributed by atoms with E-state index in [0.717, 1.165) is 29.8 Å². The Morgan fingerprint density at radius 1 is 0.962 bits per heavy atom. The van der Waals surface area contributed by atoms with Crippen molar-refractivity contribution in [1.82, 2.24) is 10.0 Å². The first-order valence-corrected chi connectivity index (χ1v) is 9.20. The summed E-state index contributed by atoms with van der Waals surface area (Å²) in [7, 11) is -2.03. The van der Waals surface area contributed by atoms with E-state index in [9.17, 15) is 26.4 Å².